The fourth-order valence-electron chi connectivity index (χ4n) is 2.24. The van der Waals surface area contributed by atoms with Crippen molar-refractivity contribution in [3.8, 4) is 0 Å². The Labute approximate surface area is 123 Å². The predicted octanol–water partition coefficient (Wildman–Crippen LogP) is 3.10. The van der Waals surface area contributed by atoms with E-state index in [1.54, 1.807) is 6.07 Å². The van der Waals surface area contributed by atoms with E-state index < -0.39 is 0 Å². The van der Waals surface area contributed by atoms with Gasteiger partial charge in [0.05, 0.1) is 11.7 Å². The number of carbonyl (C=O) groups excluding carboxylic acids is 1. The normalized spacial score (nSPS) is 23.1. The van der Waals surface area contributed by atoms with Crippen molar-refractivity contribution in [2.75, 3.05) is 6.54 Å². The van der Waals surface area contributed by atoms with Gasteiger partial charge in [-0.1, -0.05) is 15.9 Å². The van der Waals surface area contributed by atoms with E-state index in [1.165, 1.54) is 0 Å². The molecule has 2 atom stereocenters. The maximum Gasteiger partial charge on any atom is 0.252 e. The molecule has 0 spiro atoms. The lowest BCUT2D eigenvalue weighted by molar-refractivity contribution is 0.0944. The van der Waals surface area contributed by atoms with Gasteiger partial charge in [0.2, 0.25) is 0 Å². The second-order valence-electron chi connectivity index (χ2n) is 4.67. The Morgan fingerprint density at radius 2 is 2.17 bits per heavy atom. The quantitative estimate of drug-likeness (QED) is 0.851. The van der Waals surface area contributed by atoms with Crippen molar-refractivity contribution in [2.24, 2.45) is 5.92 Å². The first-order chi connectivity index (χ1) is 8.56. The van der Waals surface area contributed by atoms with Crippen molar-refractivity contribution < 1.29 is 9.90 Å². The van der Waals surface area contributed by atoms with Crippen LogP contribution in [-0.4, -0.2) is 23.7 Å². The molecular weight excluding hydrogens is 362 g/mol. The molecule has 2 rings (SSSR count). The monoisotopic (exact) mass is 375 g/mol. The van der Waals surface area contributed by atoms with E-state index >= 15 is 0 Å². The van der Waals surface area contributed by atoms with Crippen LogP contribution in [-0.2, 0) is 0 Å². The number of aliphatic hydroxyl groups is 1. The van der Waals surface area contributed by atoms with E-state index in [4.69, 9.17) is 0 Å². The fraction of sp³-hybridized carbons (Fsp3) is 0.462. The molecule has 18 heavy (non-hydrogen) atoms. The van der Waals surface area contributed by atoms with Gasteiger partial charge in [-0.15, -0.1) is 0 Å². The third kappa shape index (κ3) is 3.56. The van der Waals surface area contributed by atoms with Crippen molar-refractivity contribution in [1.29, 1.82) is 0 Å². The Hall–Kier alpha value is -0.390. The van der Waals surface area contributed by atoms with E-state index in [0.29, 0.717) is 18.0 Å². The Bertz CT molecular complexity index is 451. The van der Waals surface area contributed by atoms with Crippen LogP contribution in [0.1, 0.15) is 29.6 Å². The molecule has 0 saturated heterocycles. The molecule has 2 unspecified atom stereocenters. The largest absolute Gasteiger partial charge is 0.393 e. The number of aliphatic hydroxyl groups excluding tert-OH is 1. The van der Waals surface area contributed by atoms with Gasteiger partial charge in [0.25, 0.3) is 5.91 Å². The van der Waals surface area contributed by atoms with Gasteiger partial charge in [-0.05, 0) is 59.3 Å². The van der Waals surface area contributed by atoms with Gasteiger partial charge in [0, 0.05) is 15.5 Å². The molecule has 1 amide bonds. The highest BCUT2D eigenvalue weighted by molar-refractivity contribution is 9.11. The first kappa shape index (κ1) is 14.0. The van der Waals surface area contributed by atoms with Crippen LogP contribution in [0.4, 0.5) is 0 Å². The molecule has 1 fully saturated rings. The average molecular weight is 377 g/mol. The number of hydrogen-bond acceptors (Lipinski definition) is 2. The summed E-state index contributed by atoms with van der Waals surface area (Å²) in [6.07, 6.45) is 2.44. The van der Waals surface area contributed by atoms with E-state index in [-0.39, 0.29) is 12.0 Å². The average Bonchev–Trinajstić information content (AvgIpc) is 2.72. The molecule has 1 aromatic rings. The van der Waals surface area contributed by atoms with Crippen LogP contribution >= 0.6 is 31.9 Å². The molecule has 0 heterocycles. The van der Waals surface area contributed by atoms with Gasteiger partial charge in [0.1, 0.15) is 0 Å². The molecule has 98 valence electrons. The van der Waals surface area contributed by atoms with Gasteiger partial charge < -0.3 is 10.4 Å². The maximum atomic E-state index is 12.0. The minimum absolute atomic E-state index is 0.0734. The van der Waals surface area contributed by atoms with Crippen LogP contribution in [0.15, 0.2) is 27.1 Å². The van der Waals surface area contributed by atoms with Gasteiger partial charge in [0.15, 0.2) is 0 Å². The van der Waals surface area contributed by atoms with Crippen molar-refractivity contribution in [1.82, 2.24) is 5.32 Å². The lowest BCUT2D eigenvalue weighted by atomic mass is 10.1. The van der Waals surface area contributed by atoms with Crippen LogP contribution in [0.5, 0.6) is 0 Å². The number of carbonyl (C=O) groups is 1. The van der Waals surface area contributed by atoms with Gasteiger partial charge in [-0.2, -0.15) is 0 Å². The van der Waals surface area contributed by atoms with Crippen LogP contribution in [0.2, 0.25) is 0 Å². The second-order valence-corrected chi connectivity index (χ2v) is 6.44. The van der Waals surface area contributed by atoms with Crippen LogP contribution in [0.3, 0.4) is 0 Å². The van der Waals surface area contributed by atoms with Crippen LogP contribution < -0.4 is 5.32 Å². The summed E-state index contributed by atoms with van der Waals surface area (Å²) in [5.41, 5.74) is 0.636. The van der Waals surface area contributed by atoms with Crippen LogP contribution in [0, 0.1) is 5.92 Å². The predicted molar refractivity (Wildman–Crippen MR) is 77.5 cm³/mol. The molecule has 1 aliphatic carbocycles. The SMILES string of the molecule is O=C(NCC1CCC(O)C1)c1ccc(Br)cc1Br. The Morgan fingerprint density at radius 1 is 1.39 bits per heavy atom. The molecule has 5 heteroatoms. The van der Waals surface area contributed by atoms with Crippen molar-refractivity contribution in [2.45, 2.75) is 25.4 Å². The van der Waals surface area contributed by atoms with Gasteiger partial charge in [-0.3, -0.25) is 4.79 Å². The van der Waals surface area contributed by atoms with Gasteiger partial charge in [-0.25, -0.2) is 0 Å². The molecule has 3 nitrogen and oxygen atoms in total. The minimum Gasteiger partial charge on any atom is -0.393 e. The lowest BCUT2D eigenvalue weighted by Crippen LogP contribution is -2.28. The first-order valence-corrected chi connectivity index (χ1v) is 7.56. The fourth-order valence-corrected chi connectivity index (χ4v) is 3.47. The third-order valence-electron chi connectivity index (χ3n) is 3.24. The number of rotatable bonds is 3. The first-order valence-electron chi connectivity index (χ1n) is 5.97. The molecular formula is C13H15Br2NO2. The molecule has 0 aliphatic heterocycles. The smallest absolute Gasteiger partial charge is 0.252 e. The second kappa shape index (κ2) is 6.17. The zero-order valence-electron chi connectivity index (χ0n) is 9.83. The zero-order valence-corrected chi connectivity index (χ0v) is 13.0. The zero-order chi connectivity index (χ0) is 13.1. The standard InChI is InChI=1S/C13H15Br2NO2/c14-9-2-4-11(12(15)6-9)13(18)16-7-8-1-3-10(17)5-8/h2,4,6,8,10,17H,1,3,5,7H2,(H,16,18). The molecule has 0 bridgehead atoms. The minimum atomic E-state index is -0.189. The molecule has 1 aromatic carbocycles. The summed E-state index contributed by atoms with van der Waals surface area (Å²) in [6.45, 7) is 0.637. The summed E-state index contributed by atoms with van der Waals surface area (Å²) in [7, 11) is 0. The summed E-state index contributed by atoms with van der Waals surface area (Å²) in [5, 5.41) is 12.4. The molecule has 0 aromatic heterocycles. The van der Waals surface area contributed by atoms with E-state index in [1.807, 2.05) is 12.1 Å². The van der Waals surface area contributed by atoms with E-state index in [2.05, 4.69) is 37.2 Å². The number of benzene rings is 1. The van der Waals surface area contributed by atoms with E-state index in [0.717, 1.165) is 28.2 Å². The summed E-state index contributed by atoms with van der Waals surface area (Å²) >= 11 is 6.74. The topological polar surface area (TPSA) is 49.3 Å². The highest BCUT2D eigenvalue weighted by Crippen LogP contribution is 2.25. The molecule has 2 N–H and O–H groups in total. The maximum absolute atomic E-state index is 12.0. The highest BCUT2D eigenvalue weighted by atomic mass is 79.9. The molecule has 1 aliphatic rings. The lowest BCUT2D eigenvalue weighted by Gasteiger charge is -2.11. The highest BCUT2D eigenvalue weighted by Gasteiger charge is 2.23. The van der Waals surface area contributed by atoms with Crippen molar-refractivity contribution in [3.63, 3.8) is 0 Å². The molecule has 1 saturated carbocycles. The van der Waals surface area contributed by atoms with Crippen LogP contribution in [0.25, 0.3) is 0 Å². The third-order valence-corrected chi connectivity index (χ3v) is 4.39. The number of halogens is 2. The summed E-state index contributed by atoms with van der Waals surface area (Å²) in [4.78, 5) is 12.0. The van der Waals surface area contributed by atoms with E-state index in [9.17, 15) is 9.90 Å². The van der Waals surface area contributed by atoms with Crippen molar-refractivity contribution in [3.05, 3.63) is 32.7 Å². The molecule has 0 radical (unpaired) electrons. The Balaban J connectivity index is 1.91. The summed E-state index contributed by atoms with van der Waals surface area (Å²) in [5.74, 6) is 0.328. The Kier molecular flexibility index (Phi) is 4.81. The number of nitrogens with one attached hydrogen (secondary N) is 1. The summed E-state index contributed by atoms with van der Waals surface area (Å²) in [6, 6.07) is 5.49. The number of hydrogen-bond donors (Lipinski definition) is 2. The number of amides is 1. The van der Waals surface area contributed by atoms with Gasteiger partial charge >= 0.3 is 0 Å². The summed E-state index contributed by atoms with van der Waals surface area (Å²) < 4.78 is 1.71. The van der Waals surface area contributed by atoms with Crippen molar-refractivity contribution >= 4 is 37.8 Å². The Morgan fingerprint density at radius 3 is 2.78 bits per heavy atom.